The Labute approximate surface area is 216 Å². The molecule has 1 fully saturated rings. The van der Waals surface area contributed by atoms with E-state index in [0.717, 1.165) is 44.5 Å². The predicted octanol–water partition coefficient (Wildman–Crippen LogP) is 4.06. The molecule has 4 aromatic rings. The summed E-state index contributed by atoms with van der Waals surface area (Å²) in [6, 6.07) is 0.334. The summed E-state index contributed by atoms with van der Waals surface area (Å²) >= 11 is 1.71. The number of nitrogens with one attached hydrogen (secondary N) is 1. The zero-order chi connectivity index (χ0) is 25.9. The molecule has 1 aliphatic heterocycles. The van der Waals surface area contributed by atoms with Gasteiger partial charge in [-0.1, -0.05) is 25.2 Å². The van der Waals surface area contributed by atoms with Gasteiger partial charge in [0.1, 0.15) is 16.7 Å². The highest BCUT2D eigenvalue weighted by molar-refractivity contribution is 7.21. The van der Waals surface area contributed by atoms with Gasteiger partial charge in [-0.15, -0.1) is 0 Å². The normalized spacial score (nSPS) is 18.9. The summed E-state index contributed by atoms with van der Waals surface area (Å²) in [7, 11) is 3.88. The number of nitrogens with zero attached hydrogens (tertiary/aromatic N) is 7. The van der Waals surface area contributed by atoms with Crippen molar-refractivity contribution in [3.05, 3.63) is 29.2 Å². The molecule has 5 rings (SSSR count). The molecular formula is C26H36N8OS. The maximum Gasteiger partial charge on any atom is 0.237 e. The van der Waals surface area contributed by atoms with E-state index < -0.39 is 0 Å². The molecular weight excluding hydrogens is 472 g/mol. The number of H-pyrrole nitrogens is 1. The van der Waals surface area contributed by atoms with Gasteiger partial charge in [0, 0.05) is 42.5 Å². The lowest BCUT2D eigenvalue weighted by atomic mass is 9.96. The first kappa shape index (κ1) is 24.7. The summed E-state index contributed by atoms with van der Waals surface area (Å²) < 4.78 is 1.86. The van der Waals surface area contributed by atoms with Gasteiger partial charge in [0.2, 0.25) is 5.91 Å². The van der Waals surface area contributed by atoms with Crippen LogP contribution in [0.3, 0.4) is 0 Å². The highest BCUT2D eigenvalue weighted by atomic mass is 32.1. The molecule has 1 saturated heterocycles. The SMILES string of the molecule is Cc1c(-c2[nH]c3sc(N4C[C@@H](C)N(C(=O)CN(C)C)C[C@@H]4C)nc3c2C(C)C)cn2ncnc2c1C. The lowest BCUT2D eigenvalue weighted by Crippen LogP contribution is -2.59. The van der Waals surface area contributed by atoms with Gasteiger partial charge in [-0.05, 0) is 58.8 Å². The fourth-order valence-electron chi connectivity index (χ4n) is 5.33. The number of amides is 1. The molecule has 1 aliphatic rings. The molecule has 0 bridgehead atoms. The van der Waals surface area contributed by atoms with Gasteiger partial charge in [-0.25, -0.2) is 14.5 Å². The Kier molecular flexibility index (Phi) is 6.28. The Bertz CT molecular complexity index is 1430. The van der Waals surface area contributed by atoms with Crippen LogP contribution in [0.5, 0.6) is 0 Å². The number of carbonyl (C=O) groups excluding carboxylic acids is 1. The van der Waals surface area contributed by atoms with E-state index in [1.165, 1.54) is 11.1 Å². The van der Waals surface area contributed by atoms with E-state index in [1.807, 2.05) is 28.4 Å². The molecule has 0 aliphatic carbocycles. The molecule has 0 saturated carbocycles. The molecule has 0 aromatic carbocycles. The molecule has 1 amide bonds. The Hall–Kier alpha value is -2.98. The third-order valence-corrected chi connectivity index (χ3v) is 8.36. The molecule has 0 spiro atoms. The second-order valence-corrected chi connectivity index (χ2v) is 11.7. The quantitative estimate of drug-likeness (QED) is 0.438. The first-order valence-corrected chi connectivity index (χ1v) is 13.4. The first-order valence-electron chi connectivity index (χ1n) is 12.6. The van der Waals surface area contributed by atoms with Crippen molar-refractivity contribution >= 4 is 38.4 Å². The third-order valence-electron chi connectivity index (χ3n) is 7.36. The fraction of sp³-hybridized carbons (Fsp3) is 0.538. The molecule has 2 atom stereocenters. The minimum atomic E-state index is 0.135. The third kappa shape index (κ3) is 4.06. The van der Waals surface area contributed by atoms with Crippen molar-refractivity contribution in [2.45, 2.75) is 59.5 Å². The summed E-state index contributed by atoms with van der Waals surface area (Å²) in [5, 5.41) is 5.41. The molecule has 0 unspecified atom stereocenters. The van der Waals surface area contributed by atoms with Gasteiger partial charge in [0.05, 0.1) is 12.2 Å². The number of carbonyl (C=O) groups is 1. The van der Waals surface area contributed by atoms with Crippen LogP contribution in [-0.4, -0.2) is 86.1 Å². The van der Waals surface area contributed by atoms with Crippen LogP contribution in [0.4, 0.5) is 5.13 Å². The van der Waals surface area contributed by atoms with Crippen molar-refractivity contribution in [1.29, 1.82) is 0 Å². The van der Waals surface area contributed by atoms with E-state index >= 15 is 0 Å². The van der Waals surface area contributed by atoms with Crippen molar-refractivity contribution in [3.63, 3.8) is 0 Å². The largest absolute Gasteiger partial charge is 0.344 e. The van der Waals surface area contributed by atoms with Gasteiger partial charge in [-0.3, -0.25) is 4.79 Å². The van der Waals surface area contributed by atoms with E-state index in [2.05, 4.69) is 67.7 Å². The first-order chi connectivity index (χ1) is 17.1. The number of thiazole rings is 1. The van der Waals surface area contributed by atoms with E-state index in [4.69, 9.17) is 4.98 Å². The van der Waals surface area contributed by atoms with E-state index in [0.29, 0.717) is 19.0 Å². The molecule has 4 aromatic heterocycles. The lowest BCUT2D eigenvalue weighted by Gasteiger charge is -2.44. The zero-order valence-electron chi connectivity index (χ0n) is 22.5. The summed E-state index contributed by atoms with van der Waals surface area (Å²) in [4.78, 5) is 33.5. The molecule has 1 N–H and O–H groups in total. The molecule has 0 radical (unpaired) electrons. The number of hydrogen-bond donors (Lipinski definition) is 1. The number of rotatable bonds is 5. The van der Waals surface area contributed by atoms with E-state index in [-0.39, 0.29) is 18.0 Å². The van der Waals surface area contributed by atoms with Crippen LogP contribution in [0.15, 0.2) is 12.5 Å². The molecule has 5 heterocycles. The number of aryl methyl sites for hydroxylation is 1. The number of likely N-dealkylation sites (N-methyl/N-ethyl adjacent to an activating group) is 1. The summed E-state index contributed by atoms with van der Waals surface area (Å²) in [5.74, 6) is 0.485. The summed E-state index contributed by atoms with van der Waals surface area (Å²) in [6.45, 7) is 14.9. The van der Waals surface area contributed by atoms with Crippen molar-refractivity contribution in [2.75, 3.05) is 38.6 Å². The van der Waals surface area contributed by atoms with E-state index in [1.54, 1.807) is 17.7 Å². The molecule has 10 heteroatoms. The van der Waals surface area contributed by atoms with Crippen molar-refractivity contribution < 1.29 is 4.79 Å². The number of aromatic amines is 1. The summed E-state index contributed by atoms with van der Waals surface area (Å²) in [5.41, 5.74) is 7.75. The second kappa shape index (κ2) is 9.15. The molecule has 36 heavy (non-hydrogen) atoms. The van der Waals surface area contributed by atoms with Crippen LogP contribution in [0, 0.1) is 13.8 Å². The summed E-state index contributed by atoms with van der Waals surface area (Å²) in [6.07, 6.45) is 3.67. The number of fused-ring (bicyclic) bond motifs is 2. The Morgan fingerprint density at radius 1 is 1.19 bits per heavy atom. The Morgan fingerprint density at radius 3 is 2.64 bits per heavy atom. The Balaban J connectivity index is 1.51. The van der Waals surface area contributed by atoms with Crippen LogP contribution >= 0.6 is 11.3 Å². The van der Waals surface area contributed by atoms with E-state index in [9.17, 15) is 4.79 Å². The van der Waals surface area contributed by atoms with Crippen molar-refractivity contribution in [3.8, 4) is 11.3 Å². The topological polar surface area (TPSA) is 85.7 Å². The minimum Gasteiger partial charge on any atom is -0.344 e. The maximum absolute atomic E-state index is 12.8. The monoisotopic (exact) mass is 508 g/mol. The fourth-order valence-corrected chi connectivity index (χ4v) is 6.43. The smallest absolute Gasteiger partial charge is 0.237 e. The standard InChI is InChI=1S/C26H36N8OS/c1-14(2)21-22(19-11-34-24(27-13-28-34)18(6)17(19)5)29-25-23(21)30-26(36-25)33-10-15(3)32(9-16(33)4)20(35)12-31(7)8/h11,13-16,29H,9-10,12H2,1-8H3/t15-,16+/m1/s1. The van der Waals surface area contributed by atoms with Gasteiger partial charge in [0.15, 0.2) is 10.8 Å². The van der Waals surface area contributed by atoms with Crippen molar-refractivity contribution in [1.82, 2.24) is 34.4 Å². The van der Waals surface area contributed by atoms with Gasteiger partial charge >= 0.3 is 0 Å². The number of pyridine rings is 1. The maximum atomic E-state index is 12.8. The van der Waals surface area contributed by atoms with Crippen LogP contribution in [-0.2, 0) is 4.79 Å². The lowest BCUT2D eigenvalue weighted by molar-refractivity contribution is -0.134. The molecule has 9 nitrogen and oxygen atoms in total. The molecule has 192 valence electrons. The average molecular weight is 509 g/mol. The number of anilines is 1. The Morgan fingerprint density at radius 2 is 1.94 bits per heavy atom. The highest BCUT2D eigenvalue weighted by Gasteiger charge is 2.34. The van der Waals surface area contributed by atoms with Crippen LogP contribution in [0.2, 0.25) is 0 Å². The number of aromatic nitrogens is 5. The van der Waals surface area contributed by atoms with Gasteiger partial charge in [-0.2, -0.15) is 5.10 Å². The van der Waals surface area contributed by atoms with Gasteiger partial charge in [0.25, 0.3) is 0 Å². The van der Waals surface area contributed by atoms with Crippen LogP contribution < -0.4 is 4.90 Å². The van der Waals surface area contributed by atoms with Crippen LogP contribution in [0.1, 0.15) is 50.3 Å². The zero-order valence-corrected chi connectivity index (χ0v) is 23.3. The van der Waals surface area contributed by atoms with Gasteiger partial charge < -0.3 is 19.7 Å². The van der Waals surface area contributed by atoms with Crippen LogP contribution in [0.25, 0.3) is 27.3 Å². The average Bonchev–Trinajstić information content (AvgIpc) is 3.50. The second-order valence-electron chi connectivity index (χ2n) is 10.7. The number of piperazine rings is 1. The predicted molar refractivity (Wildman–Crippen MR) is 146 cm³/mol. The van der Waals surface area contributed by atoms with Crippen molar-refractivity contribution in [2.24, 2.45) is 0 Å². The number of hydrogen-bond acceptors (Lipinski definition) is 7. The minimum absolute atomic E-state index is 0.135. The highest BCUT2D eigenvalue weighted by Crippen LogP contribution is 2.41.